The van der Waals surface area contributed by atoms with E-state index in [0.717, 1.165) is 49.3 Å². The Morgan fingerprint density at radius 2 is 0.912 bits per heavy atom. The number of fused-ring (bicyclic) bond motifs is 6. The van der Waals surface area contributed by atoms with Gasteiger partial charge in [-0.2, -0.15) is 9.97 Å². The first-order valence-electron chi connectivity index (χ1n) is 19.1. The number of aromatic nitrogens is 5. The van der Waals surface area contributed by atoms with E-state index in [0.29, 0.717) is 28.9 Å². The molecule has 11 aromatic rings. The second kappa shape index (κ2) is 13.3. The van der Waals surface area contributed by atoms with Crippen molar-refractivity contribution in [1.29, 1.82) is 0 Å². The van der Waals surface area contributed by atoms with Crippen LogP contribution in [0.2, 0.25) is 0 Å². The second-order valence-corrected chi connectivity index (χ2v) is 14.2. The van der Waals surface area contributed by atoms with Crippen LogP contribution in [0.15, 0.2) is 205 Å². The molecule has 0 amide bonds. The normalized spacial score (nSPS) is 11.9. The van der Waals surface area contributed by atoms with E-state index in [4.69, 9.17) is 19.4 Å². The summed E-state index contributed by atoms with van der Waals surface area (Å²) in [5, 5.41) is 4.16. The number of rotatable bonds is 7. The van der Waals surface area contributed by atoms with Crippen LogP contribution >= 0.6 is 0 Å². The van der Waals surface area contributed by atoms with Crippen LogP contribution < -0.4 is 0 Å². The molecule has 0 atom stereocenters. The Kier molecular flexibility index (Phi) is 7.60. The van der Waals surface area contributed by atoms with Crippen molar-refractivity contribution in [2.75, 3.05) is 0 Å². The molecule has 6 nitrogen and oxygen atoms in total. The summed E-state index contributed by atoms with van der Waals surface area (Å²) in [6.45, 7) is 0. The summed E-state index contributed by atoms with van der Waals surface area (Å²) in [7, 11) is 0. The lowest BCUT2D eigenvalue weighted by Crippen LogP contribution is -2.30. The van der Waals surface area contributed by atoms with Gasteiger partial charge in [0.15, 0.2) is 11.6 Å². The zero-order valence-corrected chi connectivity index (χ0v) is 30.7. The number of furan rings is 1. The third-order valence-corrected chi connectivity index (χ3v) is 11.1. The highest BCUT2D eigenvalue weighted by molar-refractivity contribution is 6.09. The van der Waals surface area contributed by atoms with Crippen molar-refractivity contribution in [2.24, 2.45) is 0 Å². The molecule has 11 rings (SSSR count). The van der Waals surface area contributed by atoms with Gasteiger partial charge in [0.25, 0.3) is 0 Å². The van der Waals surface area contributed by atoms with Crippen molar-refractivity contribution in [1.82, 2.24) is 24.5 Å². The summed E-state index contributed by atoms with van der Waals surface area (Å²) < 4.78 is 8.55. The average molecular weight is 732 g/mol. The van der Waals surface area contributed by atoms with Crippen LogP contribution in [-0.4, -0.2) is 24.5 Å². The molecule has 0 saturated carbocycles. The molecule has 0 bridgehead atoms. The molecule has 57 heavy (non-hydrogen) atoms. The maximum absolute atomic E-state index is 6.42. The van der Waals surface area contributed by atoms with Crippen LogP contribution in [0.1, 0.15) is 22.3 Å². The van der Waals surface area contributed by atoms with Gasteiger partial charge in [-0.15, -0.1) is 0 Å². The van der Waals surface area contributed by atoms with Gasteiger partial charge in [0.1, 0.15) is 5.58 Å². The van der Waals surface area contributed by atoms with E-state index < -0.39 is 5.41 Å². The monoisotopic (exact) mass is 731 g/mol. The number of hydrogen-bond donors (Lipinski definition) is 0. The van der Waals surface area contributed by atoms with Crippen LogP contribution in [-0.2, 0) is 5.41 Å². The van der Waals surface area contributed by atoms with Crippen molar-refractivity contribution < 1.29 is 4.42 Å². The SMILES string of the molecule is c1ccc(C(c2ccccc2)(c2ccccc2)c2ccc(-c3nc(-c4cccc5c4oc4ncccc45)nc(-n4c5ccccc5c5ccccc54)n3)cc2)cc1. The highest BCUT2D eigenvalue weighted by atomic mass is 16.3. The van der Waals surface area contributed by atoms with Gasteiger partial charge in [-0.05, 0) is 52.6 Å². The largest absolute Gasteiger partial charge is 0.437 e. The lowest BCUT2D eigenvalue weighted by Gasteiger charge is -2.37. The van der Waals surface area contributed by atoms with E-state index in [1.165, 1.54) is 16.7 Å². The van der Waals surface area contributed by atoms with Gasteiger partial charge < -0.3 is 4.42 Å². The minimum absolute atomic E-state index is 0.512. The van der Waals surface area contributed by atoms with Gasteiger partial charge >= 0.3 is 0 Å². The molecule has 0 aliphatic heterocycles. The van der Waals surface area contributed by atoms with Crippen LogP contribution in [0, 0.1) is 0 Å². The van der Waals surface area contributed by atoms with Crippen molar-refractivity contribution >= 4 is 43.9 Å². The van der Waals surface area contributed by atoms with Gasteiger partial charge in [-0.1, -0.05) is 164 Å². The molecule has 7 aromatic carbocycles. The van der Waals surface area contributed by atoms with Gasteiger partial charge in [-0.3, -0.25) is 4.57 Å². The highest BCUT2D eigenvalue weighted by Gasteiger charge is 2.38. The molecule has 268 valence electrons. The van der Waals surface area contributed by atoms with Crippen molar-refractivity contribution in [3.63, 3.8) is 0 Å². The van der Waals surface area contributed by atoms with Gasteiger partial charge in [-0.25, -0.2) is 9.97 Å². The van der Waals surface area contributed by atoms with Crippen LogP contribution in [0.4, 0.5) is 0 Å². The van der Waals surface area contributed by atoms with E-state index in [1.807, 2.05) is 24.3 Å². The van der Waals surface area contributed by atoms with Crippen molar-refractivity contribution in [3.05, 3.63) is 223 Å². The number of para-hydroxylation sites is 3. The Labute approximate surface area is 328 Å². The molecule has 0 unspecified atom stereocenters. The molecule has 0 saturated heterocycles. The fourth-order valence-electron chi connectivity index (χ4n) is 8.60. The molecule has 0 fully saturated rings. The number of nitrogens with zero attached hydrogens (tertiary/aromatic N) is 5. The summed E-state index contributed by atoms with van der Waals surface area (Å²) in [5.74, 6) is 1.59. The summed E-state index contributed by atoms with van der Waals surface area (Å²) >= 11 is 0. The van der Waals surface area contributed by atoms with E-state index in [1.54, 1.807) is 6.20 Å². The minimum Gasteiger partial charge on any atom is -0.437 e. The quantitative estimate of drug-likeness (QED) is 0.153. The molecule has 0 aliphatic carbocycles. The van der Waals surface area contributed by atoms with Crippen LogP contribution in [0.5, 0.6) is 0 Å². The lowest BCUT2D eigenvalue weighted by molar-refractivity contribution is 0.654. The van der Waals surface area contributed by atoms with E-state index in [9.17, 15) is 0 Å². The van der Waals surface area contributed by atoms with Crippen molar-refractivity contribution in [2.45, 2.75) is 5.41 Å². The smallest absolute Gasteiger partial charge is 0.238 e. The van der Waals surface area contributed by atoms with Gasteiger partial charge in [0, 0.05) is 33.3 Å². The maximum Gasteiger partial charge on any atom is 0.238 e. The molecule has 0 spiro atoms. The Hall–Kier alpha value is -7.70. The number of hydrogen-bond acceptors (Lipinski definition) is 5. The first kappa shape index (κ1) is 32.7. The first-order valence-corrected chi connectivity index (χ1v) is 19.1. The lowest BCUT2D eigenvalue weighted by atomic mass is 9.65. The topological polar surface area (TPSA) is 69.6 Å². The Morgan fingerprint density at radius 1 is 0.404 bits per heavy atom. The molecule has 0 N–H and O–H groups in total. The van der Waals surface area contributed by atoms with E-state index in [2.05, 4.69) is 179 Å². The molecule has 4 heterocycles. The summed E-state index contributed by atoms with van der Waals surface area (Å²) in [4.78, 5) is 20.2. The Bertz CT molecular complexity index is 3080. The molecule has 6 heteroatoms. The maximum atomic E-state index is 6.42. The van der Waals surface area contributed by atoms with Crippen molar-refractivity contribution in [3.8, 4) is 28.7 Å². The Morgan fingerprint density at radius 3 is 1.53 bits per heavy atom. The predicted molar refractivity (Wildman–Crippen MR) is 228 cm³/mol. The molecule has 0 aliphatic rings. The zero-order valence-electron chi connectivity index (χ0n) is 30.7. The molecular weight excluding hydrogens is 699 g/mol. The zero-order chi connectivity index (χ0) is 37.8. The summed E-state index contributed by atoms with van der Waals surface area (Å²) in [5.41, 5.74) is 9.02. The third kappa shape index (κ3) is 5.19. The Balaban J connectivity index is 1.15. The first-order chi connectivity index (χ1) is 28.3. The fourth-order valence-corrected chi connectivity index (χ4v) is 8.60. The van der Waals surface area contributed by atoms with Gasteiger partial charge in [0.05, 0.1) is 22.0 Å². The predicted octanol–water partition coefficient (Wildman–Crippen LogP) is 12.0. The highest BCUT2D eigenvalue weighted by Crippen LogP contribution is 2.45. The van der Waals surface area contributed by atoms with Crippen LogP contribution in [0.25, 0.3) is 72.6 Å². The fraction of sp³-hybridized carbons (Fsp3) is 0.0196. The average Bonchev–Trinajstić information content (AvgIpc) is 3.84. The summed E-state index contributed by atoms with van der Waals surface area (Å²) in [6, 6.07) is 67.8. The third-order valence-electron chi connectivity index (χ3n) is 11.1. The summed E-state index contributed by atoms with van der Waals surface area (Å²) in [6.07, 6.45) is 1.75. The molecule has 4 aromatic heterocycles. The molecular formula is C51H33N5O. The number of benzene rings is 7. The molecule has 0 radical (unpaired) electrons. The van der Waals surface area contributed by atoms with Crippen LogP contribution in [0.3, 0.4) is 0 Å². The second-order valence-electron chi connectivity index (χ2n) is 14.2. The minimum atomic E-state index is -0.578. The standard InChI is InChI=1S/C51H33N5O/c1-4-16-35(17-5-1)51(36-18-6-2-7-19-36,37-20-8-3-9-21-37)38-31-29-34(30-32-38)47-53-48(43-25-14-24-41-42-26-15-33-52-49(42)57-46(41)43)55-50(54-47)56-44-27-12-10-22-39(44)40-23-11-13-28-45(40)56/h1-33H. The van der Waals surface area contributed by atoms with E-state index >= 15 is 0 Å². The van der Waals surface area contributed by atoms with E-state index in [-0.39, 0.29) is 0 Å². The number of pyridine rings is 1. The van der Waals surface area contributed by atoms with Gasteiger partial charge in [0.2, 0.25) is 11.7 Å².